The Bertz CT molecular complexity index is 558. The number of nitrogens with two attached hydrogens (primary N) is 1. The van der Waals surface area contributed by atoms with Gasteiger partial charge < -0.3 is 15.5 Å². The summed E-state index contributed by atoms with van der Waals surface area (Å²) in [6.07, 6.45) is 0. The lowest BCUT2D eigenvalue weighted by Gasteiger charge is -2.36. The van der Waals surface area contributed by atoms with E-state index in [2.05, 4.69) is 45.4 Å². The zero-order chi connectivity index (χ0) is 13.2. The first-order valence-corrected chi connectivity index (χ1v) is 7.28. The molecule has 4 nitrogen and oxygen atoms in total. The van der Waals surface area contributed by atoms with Crippen LogP contribution >= 0.6 is 11.5 Å². The maximum absolute atomic E-state index is 5.68. The van der Waals surface area contributed by atoms with E-state index < -0.39 is 0 Å². The summed E-state index contributed by atoms with van der Waals surface area (Å²) in [7, 11) is 0. The predicted molar refractivity (Wildman–Crippen MR) is 82.1 cm³/mol. The Morgan fingerprint density at radius 3 is 2.47 bits per heavy atom. The minimum Gasteiger partial charge on any atom is -0.383 e. The largest absolute Gasteiger partial charge is 0.383 e. The van der Waals surface area contributed by atoms with Crippen molar-refractivity contribution in [3.8, 4) is 0 Å². The van der Waals surface area contributed by atoms with Gasteiger partial charge in [-0.1, -0.05) is 12.1 Å². The molecule has 0 saturated carbocycles. The minimum absolute atomic E-state index is 0.626. The highest BCUT2D eigenvalue weighted by Crippen LogP contribution is 2.25. The molecule has 1 aromatic heterocycles. The monoisotopic (exact) mass is 274 g/mol. The minimum atomic E-state index is 0.626. The maximum Gasteiger partial charge on any atom is 0.139 e. The second kappa shape index (κ2) is 5.09. The third-order valence-electron chi connectivity index (χ3n) is 3.47. The zero-order valence-electron chi connectivity index (χ0n) is 11.0. The van der Waals surface area contributed by atoms with Crippen molar-refractivity contribution in [1.82, 2.24) is 4.37 Å². The van der Waals surface area contributed by atoms with Crippen LogP contribution in [-0.4, -0.2) is 30.6 Å². The van der Waals surface area contributed by atoms with E-state index in [1.165, 1.54) is 27.8 Å². The molecular formula is C14H18N4S. The number of rotatable bonds is 2. The molecule has 1 aliphatic heterocycles. The fourth-order valence-corrected chi connectivity index (χ4v) is 3.16. The van der Waals surface area contributed by atoms with Gasteiger partial charge in [-0.15, -0.1) is 0 Å². The molecule has 0 bridgehead atoms. The van der Waals surface area contributed by atoms with E-state index in [-0.39, 0.29) is 0 Å². The fourth-order valence-electron chi connectivity index (χ4n) is 2.44. The van der Waals surface area contributed by atoms with Crippen molar-refractivity contribution in [2.45, 2.75) is 6.92 Å². The van der Waals surface area contributed by atoms with E-state index in [1.54, 1.807) is 0 Å². The first-order chi connectivity index (χ1) is 9.22. The molecule has 3 rings (SSSR count). The van der Waals surface area contributed by atoms with E-state index in [1.807, 2.05) is 6.07 Å². The summed E-state index contributed by atoms with van der Waals surface area (Å²) < 4.78 is 4.14. The molecule has 0 radical (unpaired) electrons. The number of anilines is 3. The molecule has 0 spiro atoms. The summed E-state index contributed by atoms with van der Waals surface area (Å²) in [6, 6.07) is 10.7. The zero-order valence-corrected chi connectivity index (χ0v) is 11.9. The lowest BCUT2D eigenvalue weighted by atomic mass is 10.2. The van der Waals surface area contributed by atoms with Gasteiger partial charge in [0, 0.05) is 37.9 Å². The first-order valence-electron chi connectivity index (χ1n) is 6.51. The van der Waals surface area contributed by atoms with Crippen molar-refractivity contribution in [3.63, 3.8) is 0 Å². The second-order valence-corrected chi connectivity index (χ2v) is 5.69. The SMILES string of the molecule is Cc1cccc(N2CCN(c3cc(N)ns3)CC2)c1. The third-order valence-corrected chi connectivity index (χ3v) is 4.34. The molecule has 1 aliphatic rings. The Hall–Kier alpha value is -1.75. The highest BCUT2D eigenvalue weighted by Gasteiger charge is 2.18. The molecule has 2 heterocycles. The molecule has 0 aliphatic carbocycles. The molecule has 19 heavy (non-hydrogen) atoms. The van der Waals surface area contributed by atoms with E-state index in [4.69, 9.17) is 5.73 Å². The average molecular weight is 274 g/mol. The second-order valence-electron chi connectivity index (χ2n) is 4.90. The van der Waals surface area contributed by atoms with Crippen molar-refractivity contribution >= 4 is 28.0 Å². The van der Waals surface area contributed by atoms with Crippen LogP contribution in [0.4, 0.5) is 16.5 Å². The normalized spacial score (nSPS) is 15.8. The number of nitrogen functional groups attached to an aromatic ring is 1. The van der Waals surface area contributed by atoms with Gasteiger partial charge in [0.15, 0.2) is 0 Å². The van der Waals surface area contributed by atoms with Crippen molar-refractivity contribution in [3.05, 3.63) is 35.9 Å². The first kappa shape index (κ1) is 12.3. The summed E-state index contributed by atoms with van der Waals surface area (Å²) in [5.74, 6) is 0.626. The summed E-state index contributed by atoms with van der Waals surface area (Å²) >= 11 is 1.49. The number of aryl methyl sites for hydroxylation is 1. The van der Waals surface area contributed by atoms with Gasteiger partial charge in [-0.05, 0) is 36.2 Å². The van der Waals surface area contributed by atoms with Gasteiger partial charge in [0.1, 0.15) is 10.8 Å². The number of nitrogens with zero attached hydrogens (tertiary/aromatic N) is 3. The Labute approximate surface area is 117 Å². The van der Waals surface area contributed by atoms with Gasteiger partial charge >= 0.3 is 0 Å². The van der Waals surface area contributed by atoms with Crippen molar-refractivity contribution in [2.24, 2.45) is 0 Å². The number of hydrogen-bond acceptors (Lipinski definition) is 5. The van der Waals surface area contributed by atoms with Gasteiger partial charge in [0.2, 0.25) is 0 Å². The van der Waals surface area contributed by atoms with Gasteiger partial charge in [-0.3, -0.25) is 0 Å². The van der Waals surface area contributed by atoms with Crippen LogP contribution in [0.2, 0.25) is 0 Å². The quantitative estimate of drug-likeness (QED) is 0.913. The lowest BCUT2D eigenvalue weighted by Crippen LogP contribution is -2.46. The van der Waals surface area contributed by atoms with Crippen LogP contribution in [0.15, 0.2) is 30.3 Å². The predicted octanol–water partition coefficient (Wildman–Crippen LogP) is 2.36. The summed E-state index contributed by atoms with van der Waals surface area (Å²) in [6.45, 7) is 6.27. The molecule has 5 heteroatoms. The number of aromatic nitrogens is 1. The Balaban J connectivity index is 1.66. The summed E-state index contributed by atoms with van der Waals surface area (Å²) in [5, 5.41) is 1.18. The van der Waals surface area contributed by atoms with Gasteiger partial charge in [0.25, 0.3) is 0 Å². The van der Waals surface area contributed by atoms with Gasteiger partial charge in [-0.2, -0.15) is 4.37 Å². The van der Waals surface area contributed by atoms with Crippen LogP contribution < -0.4 is 15.5 Å². The molecule has 1 fully saturated rings. The maximum atomic E-state index is 5.68. The summed E-state index contributed by atoms with van der Waals surface area (Å²) in [4.78, 5) is 4.80. The topological polar surface area (TPSA) is 45.4 Å². The average Bonchev–Trinajstić information content (AvgIpc) is 2.86. The molecule has 1 aromatic carbocycles. The highest BCUT2D eigenvalue weighted by molar-refractivity contribution is 7.10. The number of hydrogen-bond donors (Lipinski definition) is 1. The summed E-state index contributed by atoms with van der Waals surface area (Å²) in [5.41, 5.74) is 8.32. The molecular weight excluding hydrogens is 256 g/mol. The molecule has 100 valence electrons. The number of benzene rings is 1. The van der Waals surface area contributed by atoms with Crippen molar-refractivity contribution in [2.75, 3.05) is 41.7 Å². The molecule has 0 unspecified atom stereocenters. The number of piperazine rings is 1. The van der Waals surface area contributed by atoms with Gasteiger partial charge in [-0.25, -0.2) is 0 Å². The smallest absolute Gasteiger partial charge is 0.139 e. The Kier molecular flexibility index (Phi) is 3.29. The fraction of sp³-hybridized carbons (Fsp3) is 0.357. The molecule has 2 N–H and O–H groups in total. The Morgan fingerprint density at radius 1 is 1.11 bits per heavy atom. The standard InChI is InChI=1S/C14H18N4S/c1-11-3-2-4-12(9-11)17-5-7-18(8-6-17)14-10-13(15)16-19-14/h2-4,9-10H,5-8H2,1H3,(H2,15,16). The van der Waals surface area contributed by atoms with E-state index in [9.17, 15) is 0 Å². The van der Waals surface area contributed by atoms with E-state index in [0.717, 1.165) is 26.2 Å². The highest BCUT2D eigenvalue weighted by atomic mass is 32.1. The van der Waals surface area contributed by atoms with Crippen molar-refractivity contribution in [1.29, 1.82) is 0 Å². The van der Waals surface area contributed by atoms with Crippen LogP contribution in [0.5, 0.6) is 0 Å². The van der Waals surface area contributed by atoms with Crippen LogP contribution in [0.25, 0.3) is 0 Å². The van der Waals surface area contributed by atoms with Crippen LogP contribution in [-0.2, 0) is 0 Å². The third kappa shape index (κ3) is 2.66. The lowest BCUT2D eigenvalue weighted by molar-refractivity contribution is 0.657. The molecule has 0 amide bonds. The van der Waals surface area contributed by atoms with Crippen LogP contribution in [0.1, 0.15) is 5.56 Å². The molecule has 2 aromatic rings. The molecule has 1 saturated heterocycles. The van der Waals surface area contributed by atoms with E-state index in [0.29, 0.717) is 5.82 Å². The van der Waals surface area contributed by atoms with E-state index >= 15 is 0 Å². The van der Waals surface area contributed by atoms with Crippen molar-refractivity contribution < 1.29 is 0 Å². The van der Waals surface area contributed by atoms with Crippen LogP contribution in [0.3, 0.4) is 0 Å². The van der Waals surface area contributed by atoms with Gasteiger partial charge in [0.05, 0.1) is 0 Å². The Morgan fingerprint density at radius 2 is 1.84 bits per heavy atom. The molecule has 0 atom stereocenters. The van der Waals surface area contributed by atoms with Crippen LogP contribution in [0, 0.1) is 6.92 Å².